The van der Waals surface area contributed by atoms with E-state index in [1.165, 1.54) is 31.5 Å². The van der Waals surface area contributed by atoms with Gasteiger partial charge in [-0.25, -0.2) is 17.8 Å². The van der Waals surface area contributed by atoms with E-state index >= 15 is 0 Å². The normalized spacial score (nSPS) is 11.1. The lowest BCUT2D eigenvalue weighted by atomic mass is 10.3. The Bertz CT molecular complexity index is 1130. The molecule has 1 aromatic carbocycles. The summed E-state index contributed by atoms with van der Waals surface area (Å²) in [6, 6.07) is 7.96. The van der Waals surface area contributed by atoms with Gasteiger partial charge in [0, 0.05) is 12.4 Å². The number of hydrogen-bond donors (Lipinski definition) is 1. The van der Waals surface area contributed by atoms with Gasteiger partial charge >= 0.3 is 0 Å². The van der Waals surface area contributed by atoms with Crippen LogP contribution in [0, 0.1) is 12.7 Å². The molecule has 0 aliphatic heterocycles. The number of nitrogens with zero attached hydrogens (tertiary/aromatic N) is 2. The highest BCUT2D eigenvalue weighted by atomic mass is 35.5. The summed E-state index contributed by atoms with van der Waals surface area (Å²) in [7, 11) is -2.86. The third-order valence-corrected chi connectivity index (χ3v) is 5.23. The first-order valence-electron chi connectivity index (χ1n) is 7.91. The minimum atomic E-state index is -4.14. The van der Waals surface area contributed by atoms with Gasteiger partial charge in [0.1, 0.15) is 5.69 Å². The number of methoxy groups -OCH3 is 1. The number of anilines is 1. The Kier molecular flexibility index (Phi) is 5.66. The van der Waals surface area contributed by atoms with Crippen molar-refractivity contribution in [2.24, 2.45) is 0 Å². The number of benzene rings is 1. The number of aryl methyl sites for hydroxylation is 1. The zero-order valence-corrected chi connectivity index (χ0v) is 16.4. The second kappa shape index (κ2) is 7.99. The molecule has 0 bridgehead atoms. The van der Waals surface area contributed by atoms with Gasteiger partial charge in [-0.1, -0.05) is 11.6 Å². The summed E-state index contributed by atoms with van der Waals surface area (Å²) in [6.45, 7) is 1.73. The van der Waals surface area contributed by atoms with E-state index in [1.54, 1.807) is 25.3 Å². The van der Waals surface area contributed by atoms with Crippen LogP contribution in [0.1, 0.15) is 5.69 Å². The lowest BCUT2D eigenvalue weighted by molar-refractivity contribution is 0.385. The second-order valence-electron chi connectivity index (χ2n) is 5.60. The molecule has 0 aliphatic rings. The van der Waals surface area contributed by atoms with Crippen molar-refractivity contribution in [3.05, 3.63) is 65.3 Å². The number of sulfonamides is 1. The number of pyridine rings is 2. The average Bonchev–Trinajstić information content (AvgIpc) is 2.65. The zero-order chi connectivity index (χ0) is 20.3. The summed E-state index contributed by atoms with van der Waals surface area (Å²) >= 11 is 5.95. The van der Waals surface area contributed by atoms with E-state index in [4.69, 9.17) is 21.1 Å². The van der Waals surface area contributed by atoms with Gasteiger partial charge in [-0.2, -0.15) is 0 Å². The van der Waals surface area contributed by atoms with Crippen molar-refractivity contribution in [3.63, 3.8) is 0 Å². The highest BCUT2D eigenvalue weighted by molar-refractivity contribution is 7.92. The van der Waals surface area contributed by atoms with Crippen LogP contribution in [0.2, 0.25) is 5.02 Å². The van der Waals surface area contributed by atoms with Crippen molar-refractivity contribution in [3.8, 4) is 17.4 Å². The summed E-state index contributed by atoms with van der Waals surface area (Å²) in [5, 5.41) is 0.189. The quantitative estimate of drug-likeness (QED) is 0.639. The molecule has 0 amide bonds. The van der Waals surface area contributed by atoms with Gasteiger partial charge in [-0.15, -0.1) is 0 Å². The Labute approximate surface area is 166 Å². The standard InChI is InChI=1S/C18H15ClFN3O4S/c1-11-16(4-3-7-21-11)27-18-15(8-12(19)10-22-18)23-28(24,25)13-5-6-17(26-2)14(20)9-13/h3-10,23H,1-2H3. The van der Waals surface area contributed by atoms with Crippen LogP contribution in [0.15, 0.2) is 53.7 Å². The molecule has 3 rings (SSSR count). The zero-order valence-electron chi connectivity index (χ0n) is 14.8. The Morgan fingerprint density at radius 3 is 2.61 bits per heavy atom. The van der Waals surface area contributed by atoms with Crippen molar-refractivity contribution < 1.29 is 22.3 Å². The van der Waals surface area contributed by atoms with Gasteiger partial charge < -0.3 is 9.47 Å². The van der Waals surface area contributed by atoms with E-state index in [0.717, 1.165) is 6.07 Å². The molecule has 28 heavy (non-hydrogen) atoms. The molecule has 0 atom stereocenters. The number of aromatic nitrogens is 2. The summed E-state index contributed by atoms with van der Waals surface area (Å²) in [6.07, 6.45) is 2.91. The molecule has 0 aliphatic carbocycles. The molecule has 146 valence electrons. The van der Waals surface area contributed by atoms with Crippen LogP contribution in [0.25, 0.3) is 0 Å². The molecule has 0 saturated carbocycles. The summed E-state index contributed by atoms with van der Waals surface area (Å²) in [5.74, 6) is -0.511. The Morgan fingerprint density at radius 2 is 1.93 bits per heavy atom. The number of ether oxygens (including phenoxy) is 2. The highest BCUT2D eigenvalue weighted by Gasteiger charge is 2.20. The molecule has 2 heterocycles. The topological polar surface area (TPSA) is 90.4 Å². The van der Waals surface area contributed by atoms with Crippen molar-refractivity contribution >= 4 is 27.3 Å². The van der Waals surface area contributed by atoms with Crippen LogP contribution in [-0.4, -0.2) is 25.5 Å². The monoisotopic (exact) mass is 423 g/mol. The Balaban J connectivity index is 1.96. The van der Waals surface area contributed by atoms with E-state index in [2.05, 4.69) is 14.7 Å². The molecule has 10 heteroatoms. The van der Waals surface area contributed by atoms with E-state index in [9.17, 15) is 12.8 Å². The fourth-order valence-corrected chi connectivity index (χ4v) is 3.50. The van der Waals surface area contributed by atoms with Crippen molar-refractivity contribution in [2.45, 2.75) is 11.8 Å². The molecule has 0 radical (unpaired) electrons. The van der Waals surface area contributed by atoms with Crippen molar-refractivity contribution in [1.82, 2.24) is 9.97 Å². The molecule has 1 N–H and O–H groups in total. The molecule has 7 nitrogen and oxygen atoms in total. The fourth-order valence-electron chi connectivity index (χ4n) is 2.28. The van der Waals surface area contributed by atoms with Crippen LogP contribution in [0.5, 0.6) is 17.4 Å². The van der Waals surface area contributed by atoms with Gasteiger partial charge in [0.05, 0.1) is 22.7 Å². The van der Waals surface area contributed by atoms with Gasteiger partial charge in [-0.05, 0) is 43.3 Å². The second-order valence-corrected chi connectivity index (χ2v) is 7.72. The Hall–Kier alpha value is -2.91. The summed E-state index contributed by atoms with van der Waals surface area (Å²) in [5.41, 5.74) is 0.581. The molecular formula is C18H15ClFN3O4S. The molecule has 2 aromatic heterocycles. The van der Waals surface area contributed by atoms with Gasteiger partial charge in [0.25, 0.3) is 10.0 Å². The smallest absolute Gasteiger partial charge is 0.262 e. The maximum Gasteiger partial charge on any atom is 0.262 e. The SMILES string of the molecule is COc1ccc(S(=O)(=O)Nc2cc(Cl)cnc2Oc2cccnc2C)cc1F. The summed E-state index contributed by atoms with van der Waals surface area (Å²) < 4.78 is 52.1. The van der Waals surface area contributed by atoms with Crippen molar-refractivity contribution in [1.29, 1.82) is 0 Å². The minimum absolute atomic E-state index is 0.00743. The lowest BCUT2D eigenvalue weighted by Crippen LogP contribution is -2.14. The van der Waals surface area contributed by atoms with E-state index < -0.39 is 15.8 Å². The maximum absolute atomic E-state index is 13.9. The number of hydrogen-bond acceptors (Lipinski definition) is 6. The van der Waals surface area contributed by atoms with E-state index in [0.29, 0.717) is 11.4 Å². The fraction of sp³-hybridized carbons (Fsp3) is 0.111. The third-order valence-electron chi connectivity index (χ3n) is 3.66. The third kappa shape index (κ3) is 4.32. The number of rotatable bonds is 6. The minimum Gasteiger partial charge on any atom is -0.494 e. The van der Waals surface area contributed by atoms with Gasteiger partial charge in [-0.3, -0.25) is 9.71 Å². The Morgan fingerprint density at radius 1 is 1.14 bits per heavy atom. The first kappa shape index (κ1) is 19.8. The molecular weight excluding hydrogens is 409 g/mol. The molecule has 3 aromatic rings. The van der Waals surface area contributed by atoms with Crippen LogP contribution in [0.4, 0.5) is 10.1 Å². The van der Waals surface area contributed by atoms with Crippen LogP contribution >= 0.6 is 11.6 Å². The van der Waals surface area contributed by atoms with Crippen molar-refractivity contribution in [2.75, 3.05) is 11.8 Å². The molecule has 0 saturated heterocycles. The van der Waals surface area contributed by atoms with Crippen LogP contribution in [-0.2, 0) is 10.0 Å². The molecule has 0 unspecified atom stereocenters. The first-order valence-corrected chi connectivity index (χ1v) is 9.77. The summed E-state index contributed by atoms with van der Waals surface area (Å²) in [4.78, 5) is 7.84. The molecule has 0 spiro atoms. The number of halogens is 2. The van der Waals surface area contributed by atoms with Crippen LogP contribution in [0.3, 0.4) is 0 Å². The first-order chi connectivity index (χ1) is 13.3. The lowest BCUT2D eigenvalue weighted by Gasteiger charge is -2.14. The molecule has 0 fully saturated rings. The van der Waals surface area contributed by atoms with Crippen LogP contribution < -0.4 is 14.2 Å². The largest absolute Gasteiger partial charge is 0.494 e. The predicted octanol–water partition coefficient (Wildman–Crippen LogP) is 4.18. The van der Waals surface area contributed by atoms with Gasteiger partial charge in [0.15, 0.2) is 17.3 Å². The predicted molar refractivity (Wildman–Crippen MR) is 102 cm³/mol. The number of nitrogens with one attached hydrogen (secondary N) is 1. The van der Waals surface area contributed by atoms with E-state index in [1.807, 2.05) is 0 Å². The van der Waals surface area contributed by atoms with Gasteiger partial charge in [0.2, 0.25) is 5.88 Å². The maximum atomic E-state index is 13.9. The average molecular weight is 424 g/mol. The highest BCUT2D eigenvalue weighted by Crippen LogP contribution is 2.32. The van der Waals surface area contributed by atoms with E-state index in [-0.39, 0.29) is 27.2 Å².